The van der Waals surface area contributed by atoms with Gasteiger partial charge in [0.25, 0.3) is 0 Å². The van der Waals surface area contributed by atoms with Crippen molar-refractivity contribution < 1.29 is 0 Å². The highest BCUT2D eigenvalue weighted by Gasteiger charge is 2.20. The van der Waals surface area contributed by atoms with E-state index in [0.717, 1.165) is 37.6 Å². The van der Waals surface area contributed by atoms with E-state index in [1.54, 1.807) is 0 Å². The summed E-state index contributed by atoms with van der Waals surface area (Å²) in [5.74, 6) is 0.925. The van der Waals surface area contributed by atoms with Crippen LogP contribution >= 0.6 is 11.6 Å². The summed E-state index contributed by atoms with van der Waals surface area (Å²) in [6.45, 7) is 2.82. The first kappa shape index (κ1) is 13.2. The fraction of sp³-hybridized carbons (Fsp3) is 0.333. The summed E-state index contributed by atoms with van der Waals surface area (Å²) >= 11 is 5.98. The third-order valence-corrected chi connectivity index (χ3v) is 3.75. The summed E-state index contributed by atoms with van der Waals surface area (Å²) in [6.07, 6.45) is 2.91. The van der Waals surface area contributed by atoms with E-state index in [0.29, 0.717) is 5.28 Å². The Morgan fingerprint density at radius 3 is 2.80 bits per heavy atom. The maximum absolute atomic E-state index is 5.98. The molecule has 2 aromatic rings. The smallest absolute Gasteiger partial charge is 0.224 e. The average molecular weight is 289 g/mol. The van der Waals surface area contributed by atoms with Crippen LogP contribution < -0.4 is 9.80 Å². The molecule has 20 heavy (non-hydrogen) atoms. The highest BCUT2D eigenvalue weighted by Crippen LogP contribution is 2.30. The number of halogens is 1. The van der Waals surface area contributed by atoms with E-state index in [2.05, 4.69) is 51.1 Å². The van der Waals surface area contributed by atoms with Gasteiger partial charge in [-0.2, -0.15) is 4.98 Å². The fourth-order valence-corrected chi connectivity index (χ4v) is 2.66. The van der Waals surface area contributed by atoms with Crippen LogP contribution in [0.4, 0.5) is 11.5 Å². The van der Waals surface area contributed by atoms with Gasteiger partial charge in [-0.1, -0.05) is 30.3 Å². The highest BCUT2D eigenvalue weighted by molar-refractivity contribution is 6.28. The van der Waals surface area contributed by atoms with Crippen LogP contribution in [0.3, 0.4) is 0 Å². The van der Waals surface area contributed by atoms with Crippen molar-refractivity contribution in [2.24, 2.45) is 0 Å². The molecular formula is C15H17ClN4. The van der Waals surface area contributed by atoms with Gasteiger partial charge in [-0.05, 0) is 23.6 Å². The zero-order chi connectivity index (χ0) is 13.9. The number of anilines is 2. The normalized spacial score (nSPS) is 14.9. The topological polar surface area (TPSA) is 32.3 Å². The first-order chi connectivity index (χ1) is 9.74. The number of aromatic nitrogens is 2. The second kappa shape index (κ2) is 5.67. The molecule has 1 aromatic heterocycles. The molecule has 0 aliphatic carbocycles. The molecule has 0 amide bonds. The van der Waals surface area contributed by atoms with Crippen molar-refractivity contribution in [3.05, 3.63) is 47.4 Å². The quantitative estimate of drug-likeness (QED) is 0.795. The lowest BCUT2D eigenvalue weighted by molar-refractivity contribution is 0.737. The van der Waals surface area contributed by atoms with E-state index in [-0.39, 0.29) is 0 Å². The number of rotatable bonds is 2. The Labute approximate surface area is 124 Å². The Kier molecular flexibility index (Phi) is 3.74. The van der Waals surface area contributed by atoms with Crippen LogP contribution in [0.25, 0.3) is 0 Å². The molecular weight excluding hydrogens is 272 g/mol. The highest BCUT2D eigenvalue weighted by atomic mass is 35.5. The third kappa shape index (κ3) is 2.70. The summed E-state index contributed by atoms with van der Waals surface area (Å²) in [5.41, 5.74) is 2.32. The molecule has 0 bridgehead atoms. The van der Waals surface area contributed by atoms with E-state index in [4.69, 9.17) is 11.6 Å². The van der Waals surface area contributed by atoms with Gasteiger partial charge in [0.1, 0.15) is 0 Å². The minimum absolute atomic E-state index is 0.303. The maximum Gasteiger partial charge on any atom is 0.224 e. The molecule has 3 rings (SSSR count). The number of fused-ring (bicyclic) bond motifs is 1. The molecule has 0 unspecified atom stereocenters. The Balaban J connectivity index is 1.95. The summed E-state index contributed by atoms with van der Waals surface area (Å²) in [6, 6.07) is 10.4. The summed E-state index contributed by atoms with van der Waals surface area (Å²) in [4.78, 5) is 13.0. The van der Waals surface area contributed by atoms with Gasteiger partial charge in [-0.15, -0.1) is 0 Å². The minimum Gasteiger partial charge on any atom is -0.370 e. The SMILES string of the molecule is CN1CCCN(Cc2ccccc2)c2nc(Cl)ncc21. The monoisotopic (exact) mass is 288 g/mol. The molecule has 0 saturated carbocycles. The van der Waals surface area contributed by atoms with Gasteiger partial charge in [0, 0.05) is 26.7 Å². The lowest BCUT2D eigenvalue weighted by Gasteiger charge is -2.24. The molecule has 0 saturated heterocycles. The molecule has 2 heterocycles. The van der Waals surface area contributed by atoms with Crippen molar-refractivity contribution in [3.8, 4) is 0 Å². The van der Waals surface area contributed by atoms with Crippen LogP contribution in [-0.4, -0.2) is 30.1 Å². The lowest BCUT2D eigenvalue weighted by Crippen LogP contribution is -2.24. The van der Waals surface area contributed by atoms with Crippen molar-refractivity contribution in [1.82, 2.24) is 9.97 Å². The molecule has 1 aliphatic rings. The number of hydrogen-bond donors (Lipinski definition) is 0. The van der Waals surface area contributed by atoms with Crippen molar-refractivity contribution in [2.45, 2.75) is 13.0 Å². The molecule has 0 atom stereocenters. The van der Waals surface area contributed by atoms with Gasteiger partial charge in [-0.25, -0.2) is 4.98 Å². The van der Waals surface area contributed by atoms with Crippen LogP contribution in [0, 0.1) is 0 Å². The molecule has 5 heteroatoms. The van der Waals surface area contributed by atoms with Crippen LogP contribution in [0.5, 0.6) is 0 Å². The molecule has 0 spiro atoms. The third-order valence-electron chi connectivity index (χ3n) is 3.57. The molecule has 4 nitrogen and oxygen atoms in total. The fourth-order valence-electron chi connectivity index (χ4n) is 2.53. The minimum atomic E-state index is 0.303. The Hall–Kier alpha value is -1.81. The number of nitrogens with zero attached hydrogens (tertiary/aromatic N) is 4. The summed E-state index contributed by atoms with van der Waals surface area (Å²) in [5, 5.41) is 0.303. The van der Waals surface area contributed by atoms with E-state index < -0.39 is 0 Å². The van der Waals surface area contributed by atoms with Crippen LogP contribution in [0.15, 0.2) is 36.5 Å². The molecule has 1 aromatic carbocycles. The van der Waals surface area contributed by atoms with Crippen molar-refractivity contribution in [2.75, 3.05) is 29.9 Å². The zero-order valence-corrected chi connectivity index (χ0v) is 12.2. The van der Waals surface area contributed by atoms with Crippen LogP contribution in [-0.2, 0) is 6.54 Å². The Morgan fingerprint density at radius 1 is 1.20 bits per heavy atom. The van der Waals surface area contributed by atoms with Gasteiger partial charge in [0.05, 0.1) is 11.9 Å². The first-order valence-corrected chi connectivity index (χ1v) is 7.14. The van der Waals surface area contributed by atoms with Crippen LogP contribution in [0.2, 0.25) is 5.28 Å². The van der Waals surface area contributed by atoms with Crippen molar-refractivity contribution in [3.63, 3.8) is 0 Å². The molecule has 0 radical (unpaired) electrons. The Morgan fingerprint density at radius 2 is 2.00 bits per heavy atom. The van der Waals surface area contributed by atoms with Gasteiger partial charge in [-0.3, -0.25) is 0 Å². The molecule has 0 N–H and O–H groups in total. The van der Waals surface area contributed by atoms with Gasteiger partial charge >= 0.3 is 0 Å². The lowest BCUT2D eigenvalue weighted by atomic mass is 10.2. The van der Waals surface area contributed by atoms with Gasteiger partial charge in [0.15, 0.2) is 5.82 Å². The molecule has 104 valence electrons. The van der Waals surface area contributed by atoms with E-state index in [9.17, 15) is 0 Å². The standard InChI is InChI=1S/C15H17ClN4/c1-19-8-5-9-20(11-12-6-3-2-4-7-12)14-13(19)10-17-15(16)18-14/h2-4,6-7,10H,5,8-9,11H2,1H3. The van der Waals surface area contributed by atoms with Crippen molar-refractivity contribution in [1.29, 1.82) is 0 Å². The van der Waals surface area contributed by atoms with E-state index in [1.165, 1.54) is 5.56 Å². The second-order valence-corrected chi connectivity index (χ2v) is 5.37. The summed E-state index contributed by atoms with van der Waals surface area (Å²) in [7, 11) is 2.07. The van der Waals surface area contributed by atoms with Crippen LogP contribution in [0.1, 0.15) is 12.0 Å². The van der Waals surface area contributed by atoms with Gasteiger partial charge < -0.3 is 9.80 Å². The predicted molar refractivity (Wildman–Crippen MR) is 82.4 cm³/mol. The number of benzene rings is 1. The second-order valence-electron chi connectivity index (χ2n) is 5.03. The van der Waals surface area contributed by atoms with Crippen molar-refractivity contribution >= 4 is 23.1 Å². The Bertz CT molecular complexity index is 588. The maximum atomic E-state index is 5.98. The summed E-state index contributed by atoms with van der Waals surface area (Å²) < 4.78 is 0. The average Bonchev–Trinajstić information content (AvgIpc) is 2.60. The molecule has 0 fully saturated rings. The van der Waals surface area contributed by atoms with E-state index >= 15 is 0 Å². The predicted octanol–water partition coefficient (Wildman–Crippen LogP) is 2.98. The van der Waals surface area contributed by atoms with Gasteiger partial charge in [0.2, 0.25) is 5.28 Å². The van der Waals surface area contributed by atoms with E-state index in [1.807, 2.05) is 12.3 Å². The number of hydrogen-bond acceptors (Lipinski definition) is 4. The first-order valence-electron chi connectivity index (χ1n) is 6.76. The zero-order valence-electron chi connectivity index (χ0n) is 11.5. The molecule has 1 aliphatic heterocycles. The largest absolute Gasteiger partial charge is 0.370 e.